The van der Waals surface area contributed by atoms with Gasteiger partial charge in [-0.3, -0.25) is 4.68 Å². The van der Waals surface area contributed by atoms with Crippen LogP contribution in [-0.2, 0) is 12.1 Å². The summed E-state index contributed by atoms with van der Waals surface area (Å²) in [5, 5.41) is 15.2. The van der Waals surface area contributed by atoms with Crippen molar-refractivity contribution in [2.24, 2.45) is 0 Å². The van der Waals surface area contributed by atoms with Crippen LogP contribution in [0, 0.1) is 12.7 Å². The predicted octanol–water partition coefficient (Wildman–Crippen LogP) is 3.26. The van der Waals surface area contributed by atoms with Crippen molar-refractivity contribution in [2.45, 2.75) is 32.9 Å². The molecule has 0 spiro atoms. The zero-order valence-corrected chi connectivity index (χ0v) is 11.9. The number of halogens is 2. The third-order valence-corrected chi connectivity index (χ3v) is 3.57. The summed E-state index contributed by atoms with van der Waals surface area (Å²) in [6.45, 7) is 5.74. The van der Waals surface area contributed by atoms with E-state index in [1.807, 2.05) is 6.92 Å². The summed E-state index contributed by atoms with van der Waals surface area (Å²) in [6.07, 6.45) is 1.49. The Hall–Kier alpha value is -1.39. The van der Waals surface area contributed by atoms with Crippen LogP contribution in [0.3, 0.4) is 0 Å². The van der Waals surface area contributed by atoms with E-state index in [9.17, 15) is 9.50 Å². The normalized spacial score (nSPS) is 14.4. The van der Waals surface area contributed by atoms with Crippen molar-refractivity contribution in [3.63, 3.8) is 0 Å². The molecule has 5 heteroatoms. The average molecular weight is 283 g/mol. The van der Waals surface area contributed by atoms with Crippen molar-refractivity contribution in [2.75, 3.05) is 0 Å². The largest absolute Gasteiger partial charge is 0.379 e. The Kier molecular flexibility index (Phi) is 3.65. The smallest absolute Gasteiger partial charge is 0.130 e. The van der Waals surface area contributed by atoms with Crippen LogP contribution in [-0.4, -0.2) is 14.9 Å². The predicted molar refractivity (Wildman–Crippen MR) is 72.7 cm³/mol. The van der Waals surface area contributed by atoms with Gasteiger partial charge in [-0.2, -0.15) is 5.10 Å². The topological polar surface area (TPSA) is 38.0 Å². The third kappa shape index (κ3) is 2.38. The van der Waals surface area contributed by atoms with Crippen LogP contribution in [0.15, 0.2) is 24.4 Å². The summed E-state index contributed by atoms with van der Waals surface area (Å²) in [7, 11) is 0. The molecule has 1 N–H and O–H groups in total. The van der Waals surface area contributed by atoms with Gasteiger partial charge in [-0.15, -0.1) is 0 Å². The highest BCUT2D eigenvalue weighted by atomic mass is 35.5. The number of hydrogen-bond donors (Lipinski definition) is 1. The quantitative estimate of drug-likeness (QED) is 0.938. The number of aryl methyl sites for hydroxylation is 2. The second kappa shape index (κ2) is 4.94. The maximum Gasteiger partial charge on any atom is 0.130 e. The van der Waals surface area contributed by atoms with Crippen molar-refractivity contribution in [3.05, 3.63) is 52.1 Å². The molecule has 0 radical (unpaired) electrons. The Morgan fingerprint density at radius 1 is 1.47 bits per heavy atom. The van der Waals surface area contributed by atoms with E-state index >= 15 is 0 Å². The standard InChI is InChI=1S/C14H16ClFN2O/c1-4-18-13(11(15)8-17-18)14(3,19)10-6-5-9(2)12(16)7-10/h5-8,19H,4H2,1-3H3. The van der Waals surface area contributed by atoms with Crippen molar-refractivity contribution >= 4 is 11.6 Å². The minimum absolute atomic E-state index is 0.350. The first-order chi connectivity index (χ1) is 8.87. The number of nitrogens with zero attached hydrogens (tertiary/aromatic N) is 2. The molecule has 0 fully saturated rings. The summed E-state index contributed by atoms with van der Waals surface area (Å²) in [4.78, 5) is 0. The fourth-order valence-electron chi connectivity index (χ4n) is 2.12. The van der Waals surface area contributed by atoms with E-state index < -0.39 is 5.60 Å². The van der Waals surface area contributed by atoms with Crippen molar-refractivity contribution in [3.8, 4) is 0 Å². The van der Waals surface area contributed by atoms with E-state index in [4.69, 9.17) is 11.6 Å². The SMILES string of the molecule is CCn1ncc(Cl)c1C(C)(O)c1ccc(C)c(F)c1. The molecule has 3 nitrogen and oxygen atoms in total. The molecule has 1 aromatic carbocycles. The average Bonchev–Trinajstić information content (AvgIpc) is 2.74. The maximum atomic E-state index is 13.7. The highest BCUT2D eigenvalue weighted by Gasteiger charge is 2.32. The third-order valence-electron chi connectivity index (χ3n) is 3.29. The van der Waals surface area contributed by atoms with Crippen LogP contribution in [0.1, 0.15) is 30.7 Å². The van der Waals surface area contributed by atoms with Crippen molar-refractivity contribution < 1.29 is 9.50 Å². The van der Waals surface area contributed by atoms with E-state index in [2.05, 4.69) is 5.10 Å². The van der Waals surface area contributed by atoms with Gasteiger partial charge < -0.3 is 5.11 Å². The molecule has 2 rings (SSSR count). The van der Waals surface area contributed by atoms with E-state index in [-0.39, 0.29) is 5.82 Å². The van der Waals surface area contributed by atoms with Crippen LogP contribution in [0.5, 0.6) is 0 Å². The first-order valence-electron chi connectivity index (χ1n) is 6.08. The molecule has 0 aliphatic carbocycles. The first-order valence-corrected chi connectivity index (χ1v) is 6.46. The van der Waals surface area contributed by atoms with Crippen LogP contribution < -0.4 is 0 Å². The van der Waals surface area contributed by atoms with Crippen molar-refractivity contribution in [1.29, 1.82) is 0 Å². The van der Waals surface area contributed by atoms with E-state index in [1.165, 1.54) is 12.3 Å². The monoisotopic (exact) mass is 282 g/mol. The number of aromatic nitrogens is 2. The molecule has 1 unspecified atom stereocenters. The molecular formula is C14H16ClFN2O. The summed E-state index contributed by atoms with van der Waals surface area (Å²) >= 11 is 6.09. The summed E-state index contributed by atoms with van der Waals surface area (Å²) in [5.41, 5.74) is 0.0697. The molecule has 0 bridgehead atoms. The van der Waals surface area contributed by atoms with Gasteiger partial charge in [0.2, 0.25) is 0 Å². The Morgan fingerprint density at radius 3 is 2.74 bits per heavy atom. The lowest BCUT2D eigenvalue weighted by Gasteiger charge is -2.25. The fourth-order valence-corrected chi connectivity index (χ4v) is 2.44. The summed E-state index contributed by atoms with van der Waals surface area (Å²) < 4.78 is 15.3. The number of benzene rings is 1. The van der Waals surface area contributed by atoms with Crippen LogP contribution in [0.25, 0.3) is 0 Å². The Bertz CT molecular complexity index is 607. The number of rotatable bonds is 3. The molecule has 2 aromatic rings. The zero-order valence-electron chi connectivity index (χ0n) is 11.1. The van der Waals surface area contributed by atoms with Gasteiger partial charge in [-0.1, -0.05) is 23.7 Å². The van der Waals surface area contributed by atoms with Gasteiger partial charge in [-0.05, 0) is 38.0 Å². The molecule has 0 aliphatic rings. The zero-order chi connectivity index (χ0) is 14.2. The molecule has 0 saturated carbocycles. The number of hydrogen-bond acceptors (Lipinski definition) is 2. The second-order valence-corrected chi connectivity index (χ2v) is 5.10. The lowest BCUT2D eigenvalue weighted by atomic mass is 9.91. The van der Waals surface area contributed by atoms with Gasteiger partial charge in [-0.25, -0.2) is 4.39 Å². The highest BCUT2D eigenvalue weighted by Crippen LogP contribution is 2.34. The molecule has 0 amide bonds. The Labute approximate surface area is 116 Å². The van der Waals surface area contributed by atoms with Gasteiger partial charge >= 0.3 is 0 Å². The number of aliphatic hydroxyl groups is 1. The summed E-state index contributed by atoms with van der Waals surface area (Å²) in [5.74, 6) is -0.350. The maximum absolute atomic E-state index is 13.7. The van der Waals surface area contributed by atoms with Crippen LogP contribution in [0.2, 0.25) is 5.02 Å². The van der Waals surface area contributed by atoms with Crippen LogP contribution >= 0.6 is 11.6 Å². The van der Waals surface area contributed by atoms with Gasteiger partial charge in [0.25, 0.3) is 0 Å². The minimum atomic E-state index is -1.39. The second-order valence-electron chi connectivity index (χ2n) is 4.69. The van der Waals surface area contributed by atoms with Crippen LogP contribution in [0.4, 0.5) is 4.39 Å². The Morgan fingerprint density at radius 2 is 2.16 bits per heavy atom. The van der Waals surface area contributed by atoms with E-state index in [1.54, 1.807) is 30.7 Å². The van der Waals surface area contributed by atoms with E-state index in [0.29, 0.717) is 28.4 Å². The van der Waals surface area contributed by atoms with Gasteiger partial charge in [0.1, 0.15) is 11.4 Å². The molecule has 1 aromatic heterocycles. The first kappa shape index (κ1) is 14.0. The lowest BCUT2D eigenvalue weighted by molar-refractivity contribution is 0.0915. The molecule has 19 heavy (non-hydrogen) atoms. The van der Waals surface area contributed by atoms with E-state index in [0.717, 1.165) is 0 Å². The summed E-state index contributed by atoms with van der Waals surface area (Å²) in [6, 6.07) is 4.67. The van der Waals surface area contributed by atoms with Gasteiger partial charge in [0.15, 0.2) is 0 Å². The molecule has 1 atom stereocenters. The highest BCUT2D eigenvalue weighted by molar-refractivity contribution is 6.31. The van der Waals surface area contributed by atoms with Gasteiger partial charge in [0.05, 0.1) is 16.9 Å². The van der Waals surface area contributed by atoms with Crippen molar-refractivity contribution in [1.82, 2.24) is 9.78 Å². The minimum Gasteiger partial charge on any atom is -0.379 e. The fraction of sp³-hybridized carbons (Fsp3) is 0.357. The Balaban J connectivity index is 2.57. The molecule has 102 valence electrons. The molecule has 0 saturated heterocycles. The van der Waals surface area contributed by atoms with Gasteiger partial charge in [0, 0.05) is 6.54 Å². The molecular weight excluding hydrogens is 267 g/mol. The lowest BCUT2D eigenvalue weighted by Crippen LogP contribution is -2.27. The molecule has 0 aliphatic heterocycles. The molecule has 1 heterocycles.